The Bertz CT molecular complexity index is 590. The van der Waals surface area contributed by atoms with Crippen LogP contribution in [0.1, 0.15) is 25.1 Å². The van der Waals surface area contributed by atoms with Gasteiger partial charge in [-0.2, -0.15) is 0 Å². The highest BCUT2D eigenvalue weighted by Crippen LogP contribution is 2.17. The zero-order valence-electron chi connectivity index (χ0n) is 11.8. The van der Waals surface area contributed by atoms with Crippen molar-refractivity contribution in [1.29, 1.82) is 0 Å². The van der Waals surface area contributed by atoms with Gasteiger partial charge in [0.15, 0.2) is 0 Å². The third-order valence-corrected chi connectivity index (χ3v) is 3.14. The first kappa shape index (κ1) is 15.3. The van der Waals surface area contributed by atoms with Gasteiger partial charge < -0.3 is 10.1 Å². The first-order valence-electron chi connectivity index (χ1n) is 6.74. The van der Waals surface area contributed by atoms with Gasteiger partial charge in [-0.3, -0.25) is 9.78 Å². The molecule has 2 aromatic rings. The maximum atomic E-state index is 11.8. The van der Waals surface area contributed by atoms with E-state index >= 15 is 0 Å². The first-order chi connectivity index (χ1) is 10.1. The lowest BCUT2D eigenvalue weighted by atomic mass is 10.2. The molecule has 0 spiro atoms. The van der Waals surface area contributed by atoms with Gasteiger partial charge in [0.25, 0.3) is 0 Å². The zero-order valence-corrected chi connectivity index (χ0v) is 12.5. The van der Waals surface area contributed by atoms with Crippen molar-refractivity contribution in [2.45, 2.75) is 19.4 Å². The molecule has 0 aliphatic carbocycles. The van der Waals surface area contributed by atoms with E-state index in [1.54, 1.807) is 30.5 Å². The largest absolute Gasteiger partial charge is 0.493 e. The molecule has 1 heterocycles. The van der Waals surface area contributed by atoms with Crippen molar-refractivity contribution in [3.05, 3.63) is 59.4 Å². The number of carbonyl (C=O) groups excluding carboxylic acids is 1. The average molecular weight is 305 g/mol. The Morgan fingerprint density at radius 2 is 2.19 bits per heavy atom. The smallest absolute Gasteiger partial charge is 0.223 e. The number of amides is 1. The molecule has 4 nitrogen and oxygen atoms in total. The molecule has 21 heavy (non-hydrogen) atoms. The Labute approximate surface area is 129 Å². The van der Waals surface area contributed by atoms with E-state index in [-0.39, 0.29) is 18.4 Å². The molecular formula is C16H17ClN2O2. The van der Waals surface area contributed by atoms with Crippen LogP contribution < -0.4 is 10.1 Å². The van der Waals surface area contributed by atoms with Crippen molar-refractivity contribution < 1.29 is 9.53 Å². The number of nitrogens with zero attached hydrogens (tertiary/aromatic N) is 1. The van der Waals surface area contributed by atoms with E-state index in [0.29, 0.717) is 17.4 Å². The van der Waals surface area contributed by atoms with E-state index < -0.39 is 0 Å². The van der Waals surface area contributed by atoms with Crippen LogP contribution in [0.25, 0.3) is 0 Å². The second-order valence-electron chi connectivity index (χ2n) is 4.60. The van der Waals surface area contributed by atoms with Crippen LogP contribution in [0.5, 0.6) is 5.75 Å². The van der Waals surface area contributed by atoms with Crippen LogP contribution >= 0.6 is 11.6 Å². The number of aromatic nitrogens is 1. The number of ether oxygens (including phenoxy) is 1. The predicted molar refractivity (Wildman–Crippen MR) is 82.4 cm³/mol. The van der Waals surface area contributed by atoms with Gasteiger partial charge in [-0.15, -0.1) is 0 Å². The van der Waals surface area contributed by atoms with E-state index in [1.165, 1.54) is 0 Å². The normalized spacial score (nSPS) is 11.7. The number of benzene rings is 1. The average Bonchev–Trinajstić information content (AvgIpc) is 2.48. The van der Waals surface area contributed by atoms with Gasteiger partial charge in [-0.1, -0.05) is 23.7 Å². The monoisotopic (exact) mass is 304 g/mol. The van der Waals surface area contributed by atoms with E-state index in [9.17, 15) is 4.79 Å². The fourth-order valence-electron chi connectivity index (χ4n) is 1.84. The summed E-state index contributed by atoms with van der Waals surface area (Å²) in [4.78, 5) is 16.0. The molecule has 0 radical (unpaired) electrons. The highest BCUT2D eigenvalue weighted by molar-refractivity contribution is 6.30. The van der Waals surface area contributed by atoms with Gasteiger partial charge in [0, 0.05) is 11.2 Å². The van der Waals surface area contributed by atoms with Crippen LogP contribution in [0, 0.1) is 0 Å². The lowest BCUT2D eigenvalue weighted by Gasteiger charge is -2.13. The molecule has 1 N–H and O–H groups in total. The van der Waals surface area contributed by atoms with Crippen molar-refractivity contribution in [3.63, 3.8) is 0 Å². The molecule has 110 valence electrons. The van der Waals surface area contributed by atoms with E-state index in [1.807, 2.05) is 25.1 Å². The van der Waals surface area contributed by atoms with Crippen LogP contribution in [0.3, 0.4) is 0 Å². The SMILES string of the molecule is C[C@H](NC(=O)CCOc1cccc(Cl)c1)c1ccccn1. The topological polar surface area (TPSA) is 51.2 Å². The predicted octanol–water partition coefficient (Wildman–Crippen LogP) is 3.38. The third kappa shape index (κ3) is 5.08. The standard InChI is InChI=1S/C16H17ClN2O2/c1-12(15-7-2-3-9-18-15)19-16(20)8-10-21-14-6-4-5-13(17)11-14/h2-7,9,11-12H,8,10H2,1H3,(H,19,20)/t12-/m0/s1. The van der Waals surface area contributed by atoms with Crippen LogP contribution in [-0.2, 0) is 4.79 Å². The number of halogens is 1. The van der Waals surface area contributed by atoms with Gasteiger partial charge in [0.2, 0.25) is 5.91 Å². The van der Waals surface area contributed by atoms with Crippen molar-refractivity contribution in [2.75, 3.05) is 6.61 Å². The summed E-state index contributed by atoms with van der Waals surface area (Å²) in [5.74, 6) is 0.586. The molecule has 2 rings (SSSR count). The molecular weight excluding hydrogens is 288 g/mol. The van der Waals surface area contributed by atoms with Crippen molar-refractivity contribution in [2.24, 2.45) is 0 Å². The zero-order chi connectivity index (χ0) is 15.1. The van der Waals surface area contributed by atoms with Gasteiger partial charge in [-0.05, 0) is 37.3 Å². The van der Waals surface area contributed by atoms with Crippen LogP contribution in [-0.4, -0.2) is 17.5 Å². The minimum atomic E-state index is -0.120. The molecule has 0 saturated heterocycles. The number of pyridine rings is 1. The molecule has 0 aliphatic rings. The summed E-state index contributed by atoms with van der Waals surface area (Å²) in [6.45, 7) is 2.21. The molecule has 1 atom stereocenters. The van der Waals surface area contributed by atoms with E-state index in [2.05, 4.69) is 10.3 Å². The Hall–Kier alpha value is -2.07. The fourth-order valence-corrected chi connectivity index (χ4v) is 2.02. The fraction of sp³-hybridized carbons (Fsp3) is 0.250. The quantitative estimate of drug-likeness (QED) is 0.890. The van der Waals surface area contributed by atoms with Crippen molar-refractivity contribution in [3.8, 4) is 5.75 Å². The molecule has 1 amide bonds. The molecule has 0 bridgehead atoms. The van der Waals surface area contributed by atoms with Crippen LogP contribution in [0.15, 0.2) is 48.7 Å². The minimum absolute atomic E-state index is 0.0739. The summed E-state index contributed by atoms with van der Waals surface area (Å²) in [5, 5.41) is 3.50. The van der Waals surface area contributed by atoms with Crippen LogP contribution in [0.2, 0.25) is 5.02 Å². The number of nitrogens with one attached hydrogen (secondary N) is 1. The second-order valence-corrected chi connectivity index (χ2v) is 5.04. The van der Waals surface area contributed by atoms with Gasteiger partial charge in [0.1, 0.15) is 5.75 Å². The van der Waals surface area contributed by atoms with Crippen molar-refractivity contribution in [1.82, 2.24) is 10.3 Å². The summed E-state index contributed by atoms with van der Waals surface area (Å²) in [7, 11) is 0. The lowest BCUT2D eigenvalue weighted by Crippen LogP contribution is -2.28. The molecule has 0 fully saturated rings. The molecule has 0 unspecified atom stereocenters. The summed E-state index contributed by atoms with van der Waals surface area (Å²) in [5.41, 5.74) is 0.835. The molecule has 1 aromatic carbocycles. The number of rotatable bonds is 6. The Morgan fingerprint density at radius 3 is 2.90 bits per heavy atom. The van der Waals surface area contributed by atoms with E-state index in [0.717, 1.165) is 5.69 Å². The molecule has 0 aliphatic heterocycles. The number of hydrogen-bond acceptors (Lipinski definition) is 3. The Morgan fingerprint density at radius 1 is 1.33 bits per heavy atom. The maximum absolute atomic E-state index is 11.8. The highest BCUT2D eigenvalue weighted by atomic mass is 35.5. The van der Waals surface area contributed by atoms with Gasteiger partial charge >= 0.3 is 0 Å². The number of hydrogen-bond donors (Lipinski definition) is 1. The van der Waals surface area contributed by atoms with Crippen molar-refractivity contribution >= 4 is 17.5 Å². The lowest BCUT2D eigenvalue weighted by molar-refractivity contribution is -0.122. The summed E-state index contributed by atoms with van der Waals surface area (Å²) < 4.78 is 5.48. The Balaban J connectivity index is 1.75. The van der Waals surface area contributed by atoms with Gasteiger partial charge in [0.05, 0.1) is 24.8 Å². The molecule has 5 heteroatoms. The summed E-state index contributed by atoms with van der Waals surface area (Å²) >= 11 is 5.86. The van der Waals surface area contributed by atoms with Crippen LogP contribution in [0.4, 0.5) is 0 Å². The Kier molecular flexibility index (Phi) is 5.58. The minimum Gasteiger partial charge on any atom is -0.493 e. The first-order valence-corrected chi connectivity index (χ1v) is 7.11. The van der Waals surface area contributed by atoms with E-state index in [4.69, 9.17) is 16.3 Å². The van der Waals surface area contributed by atoms with Gasteiger partial charge in [-0.25, -0.2) is 0 Å². The maximum Gasteiger partial charge on any atom is 0.223 e. The summed E-state index contributed by atoms with van der Waals surface area (Å²) in [6.07, 6.45) is 1.99. The highest BCUT2D eigenvalue weighted by Gasteiger charge is 2.10. The third-order valence-electron chi connectivity index (χ3n) is 2.90. The number of carbonyl (C=O) groups is 1. The second kappa shape index (κ2) is 7.64. The summed E-state index contributed by atoms with van der Waals surface area (Å²) in [6, 6.07) is 12.6. The molecule has 0 saturated carbocycles. The molecule has 1 aromatic heterocycles.